The van der Waals surface area contributed by atoms with Gasteiger partial charge in [-0.2, -0.15) is 0 Å². The molecule has 0 spiro atoms. The number of aliphatic hydroxyl groups is 1. The van der Waals surface area contributed by atoms with Gasteiger partial charge in [0.2, 0.25) is 0 Å². The van der Waals surface area contributed by atoms with Crippen LogP contribution in [0.2, 0.25) is 0 Å². The van der Waals surface area contributed by atoms with Crippen LogP contribution in [0.5, 0.6) is 11.5 Å². The van der Waals surface area contributed by atoms with Crippen molar-refractivity contribution in [1.82, 2.24) is 9.80 Å². The summed E-state index contributed by atoms with van der Waals surface area (Å²) in [5, 5.41) is 11.4. The van der Waals surface area contributed by atoms with Gasteiger partial charge in [-0.25, -0.2) is 0 Å². The molecule has 7 heteroatoms. The van der Waals surface area contributed by atoms with Crippen LogP contribution >= 0.6 is 0 Å². The van der Waals surface area contributed by atoms with Crippen LogP contribution < -0.4 is 9.47 Å². The van der Waals surface area contributed by atoms with E-state index >= 15 is 0 Å². The molecule has 1 fully saturated rings. The van der Waals surface area contributed by atoms with Crippen molar-refractivity contribution >= 4 is 17.4 Å². The number of carbonyl (C=O) groups is 2. The van der Waals surface area contributed by atoms with Crippen molar-refractivity contribution in [3.63, 3.8) is 0 Å². The number of hydrogen-bond donors (Lipinski definition) is 1. The number of ketones is 1. The van der Waals surface area contributed by atoms with E-state index in [2.05, 4.69) is 18.7 Å². The number of ether oxygens (including phenoxy) is 2. The zero-order chi connectivity index (χ0) is 24.8. The Morgan fingerprint density at radius 1 is 1.09 bits per heavy atom. The first-order chi connectivity index (χ1) is 16.4. The molecule has 34 heavy (non-hydrogen) atoms. The van der Waals surface area contributed by atoms with Gasteiger partial charge in [0.25, 0.3) is 11.7 Å². The molecule has 1 atom stereocenters. The van der Waals surface area contributed by atoms with Crippen LogP contribution in [0.1, 0.15) is 43.5 Å². The average Bonchev–Trinajstić information content (AvgIpc) is 3.09. The first kappa shape index (κ1) is 25.3. The minimum Gasteiger partial charge on any atom is -0.507 e. The van der Waals surface area contributed by atoms with Crippen LogP contribution in [0.4, 0.5) is 0 Å². The predicted octanol–water partition coefficient (Wildman–Crippen LogP) is 4.17. The second kappa shape index (κ2) is 11.2. The number of aliphatic hydroxyl groups excluding tert-OH is 1. The quantitative estimate of drug-likeness (QED) is 0.322. The number of likely N-dealkylation sites (tertiary alicyclic amines) is 1. The molecular formula is C27H34N2O5. The summed E-state index contributed by atoms with van der Waals surface area (Å²) < 4.78 is 11.1. The van der Waals surface area contributed by atoms with Crippen molar-refractivity contribution in [3.05, 3.63) is 64.7 Å². The molecule has 1 aliphatic heterocycles. The first-order valence-corrected chi connectivity index (χ1v) is 11.7. The van der Waals surface area contributed by atoms with Gasteiger partial charge in [0.05, 0.1) is 25.3 Å². The van der Waals surface area contributed by atoms with Crippen LogP contribution in [0.3, 0.4) is 0 Å². The van der Waals surface area contributed by atoms with Gasteiger partial charge in [0, 0.05) is 24.2 Å². The maximum atomic E-state index is 13.3. The van der Waals surface area contributed by atoms with Crippen molar-refractivity contribution < 1.29 is 24.2 Å². The molecule has 182 valence electrons. The molecule has 0 aliphatic carbocycles. The lowest BCUT2D eigenvalue weighted by molar-refractivity contribution is -0.140. The Hall–Kier alpha value is -3.32. The summed E-state index contributed by atoms with van der Waals surface area (Å²) >= 11 is 0. The van der Waals surface area contributed by atoms with Crippen LogP contribution in [0.25, 0.3) is 5.76 Å². The highest BCUT2D eigenvalue weighted by Gasteiger charge is 2.47. The number of para-hydroxylation sites is 1. The Labute approximate surface area is 201 Å². The number of carbonyl (C=O) groups excluding carboxylic acids is 2. The molecule has 1 saturated heterocycles. The highest BCUT2D eigenvalue weighted by atomic mass is 16.5. The molecule has 0 radical (unpaired) electrons. The van der Waals surface area contributed by atoms with E-state index in [0.29, 0.717) is 42.3 Å². The monoisotopic (exact) mass is 466 g/mol. The number of rotatable bonds is 10. The maximum Gasteiger partial charge on any atom is 0.295 e. The molecule has 0 bridgehead atoms. The molecule has 0 saturated carbocycles. The van der Waals surface area contributed by atoms with E-state index in [1.807, 2.05) is 38.1 Å². The summed E-state index contributed by atoms with van der Waals surface area (Å²) in [7, 11) is 1.57. The van der Waals surface area contributed by atoms with Crippen molar-refractivity contribution in [1.29, 1.82) is 0 Å². The topological polar surface area (TPSA) is 79.3 Å². The van der Waals surface area contributed by atoms with Crippen molar-refractivity contribution in [2.75, 3.05) is 39.9 Å². The number of Topliss-reactive ketones (excluding diaryl/α,β-unsaturated/α-hetero) is 1. The van der Waals surface area contributed by atoms with Crippen LogP contribution in [-0.2, 0) is 9.59 Å². The first-order valence-electron chi connectivity index (χ1n) is 11.7. The summed E-state index contributed by atoms with van der Waals surface area (Å²) in [4.78, 5) is 30.3. The van der Waals surface area contributed by atoms with E-state index in [1.54, 1.807) is 30.2 Å². The average molecular weight is 467 g/mol. The SMILES string of the molecule is CCOc1ccccc1[C@@H]1C(=C(O)c2ccc(OC)cc2C)C(=O)C(=O)N1CCN(CC)CC. The lowest BCUT2D eigenvalue weighted by atomic mass is 9.93. The van der Waals surface area contributed by atoms with E-state index in [4.69, 9.17) is 9.47 Å². The highest BCUT2D eigenvalue weighted by Crippen LogP contribution is 2.43. The second-order valence-electron chi connectivity index (χ2n) is 8.17. The summed E-state index contributed by atoms with van der Waals surface area (Å²) in [6.07, 6.45) is 0. The van der Waals surface area contributed by atoms with Gasteiger partial charge in [-0.3, -0.25) is 9.59 Å². The summed E-state index contributed by atoms with van der Waals surface area (Å²) in [5.41, 5.74) is 1.98. The molecule has 2 aromatic carbocycles. The third-order valence-corrected chi connectivity index (χ3v) is 6.29. The van der Waals surface area contributed by atoms with Crippen molar-refractivity contribution in [2.45, 2.75) is 33.7 Å². The smallest absolute Gasteiger partial charge is 0.295 e. The van der Waals surface area contributed by atoms with E-state index in [-0.39, 0.29) is 11.3 Å². The number of nitrogens with zero attached hydrogens (tertiary/aromatic N) is 2. The van der Waals surface area contributed by atoms with E-state index in [0.717, 1.165) is 18.7 Å². The Balaban J connectivity index is 2.18. The number of benzene rings is 2. The van der Waals surface area contributed by atoms with Crippen molar-refractivity contribution in [2.24, 2.45) is 0 Å². The third-order valence-electron chi connectivity index (χ3n) is 6.29. The lowest BCUT2D eigenvalue weighted by Crippen LogP contribution is -2.38. The molecular weight excluding hydrogens is 432 g/mol. The number of hydrogen-bond acceptors (Lipinski definition) is 6. The van der Waals surface area contributed by atoms with Gasteiger partial charge >= 0.3 is 0 Å². The van der Waals surface area contributed by atoms with Crippen LogP contribution in [0.15, 0.2) is 48.0 Å². The number of likely N-dealkylation sites (N-methyl/N-ethyl adjacent to an activating group) is 1. The van der Waals surface area contributed by atoms with Crippen LogP contribution in [-0.4, -0.2) is 66.5 Å². The van der Waals surface area contributed by atoms with E-state index in [9.17, 15) is 14.7 Å². The Bertz CT molecular complexity index is 1070. The second-order valence-corrected chi connectivity index (χ2v) is 8.17. The highest BCUT2D eigenvalue weighted by molar-refractivity contribution is 6.46. The Morgan fingerprint density at radius 2 is 1.79 bits per heavy atom. The van der Waals surface area contributed by atoms with Gasteiger partial charge in [-0.1, -0.05) is 32.0 Å². The number of amides is 1. The number of methoxy groups -OCH3 is 1. The standard InChI is InChI=1S/C27H34N2O5/c1-6-28(7-2)15-16-29-24(21-11-9-10-12-22(21)34-8-3)23(26(31)27(29)32)25(30)20-14-13-19(33-5)17-18(20)4/h9-14,17,24,30H,6-8,15-16H2,1-5H3/t24-/m1/s1. The largest absolute Gasteiger partial charge is 0.507 e. The normalized spacial score (nSPS) is 17.5. The molecule has 0 aromatic heterocycles. The fraction of sp³-hybridized carbons (Fsp3) is 0.407. The molecule has 1 heterocycles. The Morgan fingerprint density at radius 3 is 2.41 bits per heavy atom. The summed E-state index contributed by atoms with van der Waals surface area (Å²) in [6.45, 7) is 10.9. The fourth-order valence-electron chi connectivity index (χ4n) is 4.39. The predicted molar refractivity (Wildman–Crippen MR) is 132 cm³/mol. The zero-order valence-corrected chi connectivity index (χ0v) is 20.6. The third kappa shape index (κ3) is 4.94. The zero-order valence-electron chi connectivity index (χ0n) is 20.6. The molecule has 2 aromatic rings. The summed E-state index contributed by atoms with van der Waals surface area (Å²) in [6, 6.07) is 11.8. The minimum absolute atomic E-state index is 0.0740. The maximum absolute atomic E-state index is 13.3. The minimum atomic E-state index is -0.750. The van der Waals surface area contributed by atoms with Crippen LogP contribution in [0, 0.1) is 6.92 Å². The Kier molecular flexibility index (Phi) is 8.34. The lowest BCUT2D eigenvalue weighted by Gasteiger charge is -2.29. The molecule has 1 amide bonds. The van der Waals surface area contributed by atoms with Gasteiger partial charge in [0.15, 0.2) is 0 Å². The number of aryl methyl sites for hydroxylation is 1. The molecule has 3 rings (SSSR count). The van der Waals surface area contributed by atoms with E-state index in [1.165, 1.54) is 0 Å². The van der Waals surface area contributed by atoms with E-state index < -0.39 is 17.7 Å². The van der Waals surface area contributed by atoms with Gasteiger partial charge in [-0.15, -0.1) is 0 Å². The molecule has 1 N–H and O–H groups in total. The van der Waals surface area contributed by atoms with Gasteiger partial charge in [-0.05, 0) is 56.8 Å². The summed E-state index contributed by atoms with van der Waals surface area (Å²) in [5.74, 6) is -0.269. The van der Waals surface area contributed by atoms with Gasteiger partial charge in [0.1, 0.15) is 17.3 Å². The molecule has 7 nitrogen and oxygen atoms in total. The fourth-order valence-corrected chi connectivity index (χ4v) is 4.39. The molecule has 0 unspecified atom stereocenters. The van der Waals surface area contributed by atoms with Gasteiger partial charge < -0.3 is 24.4 Å². The van der Waals surface area contributed by atoms with Crippen molar-refractivity contribution in [3.8, 4) is 11.5 Å². The molecule has 1 aliphatic rings.